The molecule has 0 aromatic carbocycles. The Bertz CT molecular complexity index is 707. The van der Waals surface area contributed by atoms with Gasteiger partial charge in [-0.3, -0.25) is 0 Å². The van der Waals surface area contributed by atoms with E-state index in [0.717, 1.165) is 25.2 Å². The molecule has 0 aromatic rings. The van der Waals surface area contributed by atoms with Gasteiger partial charge in [-0.05, 0) is 85.9 Å². The molecule has 170 valence electrons. The van der Waals surface area contributed by atoms with E-state index in [0.29, 0.717) is 41.4 Å². The van der Waals surface area contributed by atoms with E-state index in [4.69, 9.17) is 0 Å². The van der Waals surface area contributed by atoms with E-state index in [1.54, 1.807) is 5.57 Å². The van der Waals surface area contributed by atoms with Gasteiger partial charge in [-0.1, -0.05) is 65.3 Å². The predicted molar refractivity (Wildman–Crippen MR) is 125 cm³/mol. The molecule has 0 unspecified atom stereocenters. The van der Waals surface area contributed by atoms with Crippen LogP contribution >= 0.6 is 0 Å². The number of allylic oxidation sites excluding steroid dienone is 3. The van der Waals surface area contributed by atoms with Crippen LogP contribution in [0.2, 0.25) is 0 Å². The first-order chi connectivity index (χ1) is 14.0. The minimum atomic E-state index is -0.715. The molecule has 0 bridgehead atoms. The van der Waals surface area contributed by atoms with Gasteiger partial charge >= 0.3 is 0 Å². The fourth-order valence-corrected chi connectivity index (χ4v) is 8.10. The SMILES string of the molecule is CC(C)[C@@H](C)/C=C/[C@@H](C)[C@@H]1CC[C@@H]2C3=CC[C@]4(O)C[C@H](O)CC[C@@]4(C)[C@H]3CC[C@]21C. The predicted octanol–water partition coefficient (Wildman–Crippen LogP) is 6.53. The van der Waals surface area contributed by atoms with Crippen LogP contribution in [-0.2, 0) is 0 Å². The van der Waals surface area contributed by atoms with Crippen molar-refractivity contribution in [3.63, 3.8) is 0 Å². The third-order valence-electron chi connectivity index (χ3n) is 10.7. The van der Waals surface area contributed by atoms with E-state index in [1.165, 1.54) is 25.7 Å². The number of aliphatic hydroxyl groups excluding tert-OH is 1. The third kappa shape index (κ3) is 3.36. The molecule has 2 heteroatoms. The summed E-state index contributed by atoms with van der Waals surface area (Å²) in [6.07, 6.45) is 15.4. The van der Waals surface area contributed by atoms with Gasteiger partial charge in [-0.2, -0.15) is 0 Å². The summed E-state index contributed by atoms with van der Waals surface area (Å²) in [5.41, 5.74) is 1.30. The van der Waals surface area contributed by atoms with Crippen molar-refractivity contribution in [2.75, 3.05) is 0 Å². The van der Waals surface area contributed by atoms with Crippen molar-refractivity contribution in [1.29, 1.82) is 0 Å². The van der Waals surface area contributed by atoms with Gasteiger partial charge < -0.3 is 10.2 Å². The second-order valence-electron chi connectivity index (χ2n) is 12.4. The highest BCUT2D eigenvalue weighted by atomic mass is 16.3. The van der Waals surface area contributed by atoms with Crippen LogP contribution in [0.3, 0.4) is 0 Å². The number of aliphatic hydroxyl groups is 2. The molecule has 0 aromatic heterocycles. The molecule has 0 spiro atoms. The topological polar surface area (TPSA) is 40.5 Å². The first-order valence-corrected chi connectivity index (χ1v) is 12.8. The summed E-state index contributed by atoms with van der Waals surface area (Å²) >= 11 is 0. The highest BCUT2D eigenvalue weighted by Crippen LogP contribution is 2.67. The summed E-state index contributed by atoms with van der Waals surface area (Å²) in [5.74, 6) is 3.95. The Kier molecular flexibility index (Phi) is 5.85. The van der Waals surface area contributed by atoms with Gasteiger partial charge in [0.05, 0.1) is 11.7 Å². The Balaban J connectivity index is 1.57. The van der Waals surface area contributed by atoms with E-state index in [2.05, 4.69) is 59.8 Å². The molecule has 4 rings (SSSR count). The lowest BCUT2D eigenvalue weighted by atomic mass is 9.46. The summed E-state index contributed by atoms with van der Waals surface area (Å²) in [5, 5.41) is 21.8. The maximum atomic E-state index is 11.6. The molecule has 4 aliphatic carbocycles. The van der Waals surface area contributed by atoms with Crippen LogP contribution in [0.15, 0.2) is 23.8 Å². The summed E-state index contributed by atoms with van der Waals surface area (Å²) < 4.78 is 0. The molecule has 4 aliphatic rings. The minimum Gasteiger partial charge on any atom is -0.393 e. The molecule has 30 heavy (non-hydrogen) atoms. The lowest BCUT2D eigenvalue weighted by molar-refractivity contribution is -0.168. The zero-order valence-electron chi connectivity index (χ0n) is 20.3. The van der Waals surface area contributed by atoms with Crippen LogP contribution in [0.1, 0.15) is 92.9 Å². The summed E-state index contributed by atoms with van der Waals surface area (Å²) in [6, 6.07) is 0. The fourth-order valence-electron chi connectivity index (χ4n) is 8.10. The Morgan fingerprint density at radius 2 is 1.70 bits per heavy atom. The average Bonchev–Trinajstić information content (AvgIpc) is 3.04. The molecule has 2 nitrogen and oxygen atoms in total. The number of hydrogen-bond acceptors (Lipinski definition) is 2. The standard InChI is InChI=1S/C28H46O2/c1-18(2)19(3)7-8-20(4)23-9-10-24-22-12-16-28(30)17-21(29)11-15-27(28,6)25(22)13-14-26(23,24)5/h7-8,12,18-21,23-25,29-30H,9-11,13-17H2,1-6H3/b8-7+/t19-,20+,21+,23-,24+,25-,26-,27-,28-/m0/s1. The Morgan fingerprint density at radius 1 is 0.967 bits per heavy atom. The molecule has 3 saturated carbocycles. The molecule has 0 aliphatic heterocycles. The fraction of sp³-hybridized carbons (Fsp3) is 0.857. The smallest absolute Gasteiger partial charge is 0.0765 e. The van der Waals surface area contributed by atoms with Crippen LogP contribution in [0.25, 0.3) is 0 Å². The van der Waals surface area contributed by atoms with Crippen molar-refractivity contribution in [2.24, 2.45) is 46.3 Å². The highest BCUT2D eigenvalue weighted by Gasteiger charge is 2.62. The van der Waals surface area contributed by atoms with Gasteiger partial charge in [0, 0.05) is 11.8 Å². The molecule has 2 N–H and O–H groups in total. The van der Waals surface area contributed by atoms with Gasteiger partial charge in [0.2, 0.25) is 0 Å². The van der Waals surface area contributed by atoms with Gasteiger partial charge in [0.25, 0.3) is 0 Å². The Morgan fingerprint density at radius 3 is 2.40 bits per heavy atom. The number of rotatable bonds is 4. The van der Waals surface area contributed by atoms with Crippen molar-refractivity contribution in [3.05, 3.63) is 23.8 Å². The zero-order chi connectivity index (χ0) is 21.9. The van der Waals surface area contributed by atoms with Crippen LogP contribution in [0, 0.1) is 46.3 Å². The Labute approximate surface area is 185 Å². The molecule has 9 atom stereocenters. The maximum Gasteiger partial charge on any atom is 0.0765 e. The first kappa shape index (κ1) is 22.6. The molecule has 0 saturated heterocycles. The molecular weight excluding hydrogens is 368 g/mol. The van der Waals surface area contributed by atoms with Crippen molar-refractivity contribution in [1.82, 2.24) is 0 Å². The maximum absolute atomic E-state index is 11.6. The van der Waals surface area contributed by atoms with E-state index in [9.17, 15) is 10.2 Å². The second-order valence-corrected chi connectivity index (χ2v) is 12.4. The first-order valence-electron chi connectivity index (χ1n) is 12.8. The van der Waals surface area contributed by atoms with E-state index in [-0.39, 0.29) is 11.5 Å². The van der Waals surface area contributed by atoms with E-state index < -0.39 is 5.60 Å². The van der Waals surface area contributed by atoms with Crippen LogP contribution in [0.5, 0.6) is 0 Å². The molecular formula is C28H46O2. The highest BCUT2D eigenvalue weighted by molar-refractivity contribution is 5.30. The van der Waals surface area contributed by atoms with Crippen molar-refractivity contribution < 1.29 is 10.2 Å². The van der Waals surface area contributed by atoms with Crippen LogP contribution in [-0.4, -0.2) is 21.9 Å². The van der Waals surface area contributed by atoms with Crippen LogP contribution < -0.4 is 0 Å². The third-order valence-corrected chi connectivity index (χ3v) is 10.7. The molecule has 0 heterocycles. The number of hydrogen-bond donors (Lipinski definition) is 2. The van der Waals surface area contributed by atoms with Gasteiger partial charge in [-0.15, -0.1) is 0 Å². The van der Waals surface area contributed by atoms with Crippen molar-refractivity contribution >= 4 is 0 Å². The average molecular weight is 415 g/mol. The number of fused-ring (bicyclic) bond motifs is 5. The second kappa shape index (κ2) is 7.77. The monoisotopic (exact) mass is 414 g/mol. The summed E-state index contributed by atoms with van der Waals surface area (Å²) in [6.45, 7) is 14.3. The lowest BCUT2D eigenvalue weighted by Crippen LogP contribution is -2.59. The summed E-state index contributed by atoms with van der Waals surface area (Å²) in [4.78, 5) is 0. The van der Waals surface area contributed by atoms with Crippen molar-refractivity contribution in [3.8, 4) is 0 Å². The quantitative estimate of drug-likeness (QED) is 0.514. The van der Waals surface area contributed by atoms with Gasteiger partial charge in [0.15, 0.2) is 0 Å². The molecule has 0 amide bonds. The normalized spacial score (nSPS) is 48.1. The van der Waals surface area contributed by atoms with E-state index >= 15 is 0 Å². The van der Waals surface area contributed by atoms with E-state index in [1.807, 2.05) is 0 Å². The van der Waals surface area contributed by atoms with Crippen LogP contribution in [0.4, 0.5) is 0 Å². The Hall–Kier alpha value is -0.600. The van der Waals surface area contributed by atoms with Crippen molar-refractivity contribution in [2.45, 2.75) is 105 Å². The zero-order valence-corrected chi connectivity index (χ0v) is 20.3. The summed E-state index contributed by atoms with van der Waals surface area (Å²) in [7, 11) is 0. The minimum absolute atomic E-state index is 0.0616. The van der Waals surface area contributed by atoms with Gasteiger partial charge in [0.1, 0.15) is 0 Å². The molecule has 3 fully saturated rings. The lowest BCUT2D eigenvalue weighted by Gasteiger charge is -2.61. The van der Waals surface area contributed by atoms with Gasteiger partial charge in [-0.25, -0.2) is 0 Å². The molecule has 0 radical (unpaired) electrons. The largest absolute Gasteiger partial charge is 0.393 e.